The van der Waals surface area contributed by atoms with Crippen molar-refractivity contribution in [3.05, 3.63) is 59.6 Å². The summed E-state index contributed by atoms with van der Waals surface area (Å²) in [7, 11) is 1.79. The monoisotopic (exact) mass is 288 g/mol. The summed E-state index contributed by atoms with van der Waals surface area (Å²) in [5.74, 6) is 0.0747. The SMILES string of the molecule is CN(C(=O)CCNc1cccc(Cl)c1)c1ccccc1. The second-order valence-electron chi connectivity index (χ2n) is 4.48. The van der Waals surface area contributed by atoms with Gasteiger partial charge in [0.25, 0.3) is 0 Å². The molecule has 3 nitrogen and oxygen atoms in total. The molecule has 0 saturated heterocycles. The van der Waals surface area contributed by atoms with E-state index in [1.165, 1.54) is 0 Å². The van der Waals surface area contributed by atoms with Crippen LogP contribution in [0.15, 0.2) is 54.6 Å². The Morgan fingerprint density at radius 3 is 2.60 bits per heavy atom. The van der Waals surface area contributed by atoms with Gasteiger partial charge in [-0.3, -0.25) is 4.79 Å². The maximum Gasteiger partial charge on any atom is 0.228 e. The van der Waals surface area contributed by atoms with Crippen molar-refractivity contribution < 1.29 is 4.79 Å². The van der Waals surface area contributed by atoms with Crippen molar-refractivity contribution in [1.29, 1.82) is 0 Å². The maximum atomic E-state index is 12.1. The third kappa shape index (κ3) is 4.00. The van der Waals surface area contributed by atoms with Crippen molar-refractivity contribution in [3.8, 4) is 0 Å². The van der Waals surface area contributed by atoms with Crippen LogP contribution < -0.4 is 10.2 Å². The Kier molecular flexibility index (Phi) is 5.02. The number of hydrogen-bond donors (Lipinski definition) is 1. The van der Waals surface area contributed by atoms with E-state index in [9.17, 15) is 4.79 Å². The third-order valence-electron chi connectivity index (χ3n) is 3.01. The van der Waals surface area contributed by atoms with Gasteiger partial charge < -0.3 is 10.2 Å². The van der Waals surface area contributed by atoms with Gasteiger partial charge in [-0.05, 0) is 30.3 Å². The zero-order chi connectivity index (χ0) is 14.4. The molecule has 0 atom stereocenters. The van der Waals surface area contributed by atoms with Crippen LogP contribution in [0.25, 0.3) is 0 Å². The second-order valence-corrected chi connectivity index (χ2v) is 4.91. The first-order valence-electron chi connectivity index (χ1n) is 6.48. The fraction of sp³-hybridized carbons (Fsp3) is 0.188. The molecule has 0 bridgehead atoms. The number of anilines is 2. The van der Waals surface area contributed by atoms with Crippen LogP contribution in [-0.4, -0.2) is 19.5 Å². The minimum absolute atomic E-state index is 0.0747. The Hall–Kier alpha value is -2.00. The third-order valence-corrected chi connectivity index (χ3v) is 3.25. The molecule has 0 spiro atoms. The van der Waals surface area contributed by atoms with E-state index in [4.69, 9.17) is 11.6 Å². The van der Waals surface area contributed by atoms with Gasteiger partial charge >= 0.3 is 0 Å². The molecule has 4 heteroatoms. The van der Waals surface area contributed by atoms with Gasteiger partial charge in [-0.15, -0.1) is 0 Å². The Bertz CT molecular complexity index is 572. The topological polar surface area (TPSA) is 32.3 Å². The molecule has 20 heavy (non-hydrogen) atoms. The number of carbonyl (C=O) groups excluding carboxylic acids is 1. The van der Waals surface area contributed by atoms with Gasteiger partial charge in [-0.1, -0.05) is 35.9 Å². The number of nitrogens with one attached hydrogen (secondary N) is 1. The molecule has 1 amide bonds. The summed E-state index contributed by atoms with van der Waals surface area (Å²) in [6.45, 7) is 0.580. The molecule has 0 saturated carbocycles. The van der Waals surface area contributed by atoms with E-state index in [0.717, 1.165) is 11.4 Å². The molecule has 0 aliphatic rings. The highest BCUT2D eigenvalue weighted by molar-refractivity contribution is 6.30. The molecule has 2 aromatic rings. The minimum atomic E-state index is 0.0747. The van der Waals surface area contributed by atoms with E-state index in [1.807, 2.05) is 54.6 Å². The number of hydrogen-bond acceptors (Lipinski definition) is 2. The lowest BCUT2D eigenvalue weighted by atomic mass is 10.2. The fourth-order valence-electron chi connectivity index (χ4n) is 1.88. The van der Waals surface area contributed by atoms with Gasteiger partial charge in [0, 0.05) is 36.4 Å². The van der Waals surface area contributed by atoms with Gasteiger partial charge in [0.15, 0.2) is 0 Å². The molecule has 2 aromatic carbocycles. The summed E-state index contributed by atoms with van der Waals surface area (Å²) in [5.41, 5.74) is 1.83. The molecular weight excluding hydrogens is 272 g/mol. The van der Waals surface area contributed by atoms with Gasteiger partial charge in [0.05, 0.1) is 0 Å². The Morgan fingerprint density at radius 1 is 1.15 bits per heavy atom. The van der Waals surface area contributed by atoms with E-state index < -0.39 is 0 Å². The van der Waals surface area contributed by atoms with Crippen molar-refractivity contribution >= 4 is 28.9 Å². The highest BCUT2D eigenvalue weighted by atomic mass is 35.5. The number of carbonyl (C=O) groups is 1. The highest BCUT2D eigenvalue weighted by Gasteiger charge is 2.09. The zero-order valence-corrected chi connectivity index (χ0v) is 12.1. The van der Waals surface area contributed by atoms with Crippen LogP contribution in [0.2, 0.25) is 5.02 Å². The van der Waals surface area contributed by atoms with Crippen LogP contribution >= 0.6 is 11.6 Å². The quantitative estimate of drug-likeness (QED) is 0.907. The van der Waals surface area contributed by atoms with Gasteiger partial charge in [0.2, 0.25) is 5.91 Å². The normalized spacial score (nSPS) is 10.1. The summed E-state index contributed by atoms with van der Waals surface area (Å²) < 4.78 is 0. The van der Waals surface area contributed by atoms with Gasteiger partial charge in [0.1, 0.15) is 0 Å². The predicted molar refractivity (Wildman–Crippen MR) is 84.4 cm³/mol. The first-order chi connectivity index (χ1) is 9.66. The van der Waals surface area contributed by atoms with Crippen molar-refractivity contribution in [2.24, 2.45) is 0 Å². The molecule has 104 valence electrons. The van der Waals surface area contributed by atoms with Crippen LogP contribution in [0.3, 0.4) is 0 Å². The lowest BCUT2D eigenvalue weighted by Gasteiger charge is -2.17. The van der Waals surface area contributed by atoms with Crippen LogP contribution in [0.5, 0.6) is 0 Å². The largest absolute Gasteiger partial charge is 0.384 e. The average Bonchev–Trinajstić information content (AvgIpc) is 2.47. The number of benzene rings is 2. The number of halogens is 1. The lowest BCUT2D eigenvalue weighted by Crippen LogP contribution is -2.27. The van der Waals surface area contributed by atoms with E-state index in [1.54, 1.807) is 11.9 Å². The molecule has 0 aliphatic heterocycles. The second kappa shape index (κ2) is 6.96. The van der Waals surface area contributed by atoms with Crippen molar-refractivity contribution in [1.82, 2.24) is 0 Å². The molecule has 0 radical (unpaired) electrons. The Labute approximate surface area is 124 Å². The highest BCUT2D eigenvalue weighted by Crippen LogP contribution is 2.15. The Morgan fingerprint density at radius 2 is 1.90 bits per heavy atom. The summed E-state index contributed by atoms with van der Waals surface area (Å²) in [6, 6.07) is 17.1. The standard InChI is InChI=1S/C16H17ClN2O/c1-19(15-8-3-2-4-9-15)16(20)10-11-18-14-7-5-6-13(17)12-14/h2-9,12,18H,10-11H2,1H3. The zero-order valence-electron chi connectivity index (χ0n) is 11.3. The molecular formula is C16H17ClN2O. The van der Waals surface area contributed by atoms with E-state index in [-0.39, 0.29) is 5.91 Å². The number of nitrogens with zero attached hydrogens (tertiary/aromatic N) is 1. The van der Waals surface area contributed by atoms with Gasteiger partial charge in [-0.25, -0.2) is 0 Å². The van der Waals surface area contributed by atoms with E-state index in [2.05, 4.69) is 5.32 Å². The molecule has 2 rings (SSSR count). The summed E-state index contributed by atoms with van der Waals surface area (Å²) in [5, 5.41) is 3.87. The van der Waals surface area contributed by atoms with Crippen LogP contribution in [0.1, 0.15) is 6.42 Å². The molecule has 0 unspecified atom stereocenters. The van der Waals surface area contributed by atoms with Crippen molar-refractivity contribution in [2.75, 3.05) is 23.8 Å². The van der Waals surface area contributed by atoms with Crippen LogP contribution in [0, 0.1) is 0 Å². The van der Waals surface area contributed by atoms with E-state index >= 15 is 0 Å². The summed E-state index contributed by atoms with van der Waals surface area (Å²) in [6.07, 6.45) is 0.428. The number of amides is 1. The molecule has 0 aromatic heterocycles. The maximum absolute atomic E-state index is 12.1. The molecule has 1 N–H and O–H groups in total. The Balaban J connectivity index is 1.83. The van der Waals surface area contributed by atoms with Crippen molar-refractivity contribution in [2.45, 2.75) is 6.42 Å². The average molecular weight is 289 g/mol. The first kappa shape index (κ1) is 14.4. The van der Waals surface area contributed by atoms with E-state index in [0.29, 0.717) is 18.0 Å². The summed E-state index contributed by atoms with van der Waals surface area (Å²) in [4.78, 5) is 13.7. The molecule has 0 fully saturated rings. The van der Waals surface area contributed by atoms with Crippen LogP contribution in [0.4, 0.5) is 11.4 Å². The molecule has 0 aliphatic carbocycles. The molecule has 0 heterocycles. The number of rotatable bonds is 5. The van der Waals surface area contributed by atoms with Crippen LogP contribution in [-0.2, 0) is 4.79 Å². The number of para-hydroxylation sites is 1. The smallest absolute Gasteiger partial charge is 0.228 e. The summed E-state index contributed by atoms with van der Waals surface area (Å²) >= 11 is 5.90. The van der Waals surface area contributed by atoms with Crippen molar-refractivity contribution in [3.63, 3.8) is 0 Å². The predicted octanol–water partition coefficient (Wildman–Crippen LogP) is 3.81. The lowest BCUT2D eigenvalue weighted by molar-refractivity contribution is -0.118. The fourth-order valence-corrected chi connectivity index (χ4v) is 2.07. The van der Waals surface area contributed by atoms with Gasteiger partial charge in [-0.2, -0.15) is 0 Å². The minimum Gasteiger partial charge on any atom is -0.384 e. The first-order valence-corrected chi connectivity index (χ1v) is 6.85.